The van der Waals surface area contributed by atoms with Gasteiger partial charge in [0.15, 0.2) is 0 Å². The Morgan fingerprint density at radius 2 is 2.21 bits per heavy atom. The van der Waals surface area contributed by atoms with Crippen LogP contribution in [0.1, 0.15) is 38.2 Å². The molecule has 5 heteroatoms. The van der Waals surface area contributed by atoms with Crippen molar-refractivity contribution in [3.05, 3.63) is 23.7 Å². The van der Waals surface area contributed by atoms with E-state index < -0.39 is 0 Å². The third-order valence-corrected chi connectivity index (χ3v) is 3.50. The van der Waals surface area contributed by atoms with Crippen LogP contribution in [0.15, 0.2) is 16.5 Å². The number of hydrogen-bond donors (Lipinski definition) is 2. The molecular formula is C14H22N2O3. The number of aliphatic hydroxyl groups excluding tert-OH is 1. The first-order chi connectivity index (χ1) is 9.08. The van der Waals surface area contributed by atoms with Crippen LogP contribution in [0.4, 0.5) is 0 Å². The van der Waals surface area contributed by atoms with Crippen molar-refractivity contribution in [2.45, 2.75) is 51.9 Å². The second-order valence-corrected chi connectivity index (χ2v) is 5.35. The normalized spacial score (nSPS) is 19.4. The summed E-state index contributed by atoms with van der Waals surface area (Å²) in [6.45, 7) is 5.72. The lowest BCUT2D eigenvalue weighted by Gasteiger charge is -2.28. The summed E-state index contributed by atoms with van der Waals surface area (Å²) in [6.07, 6.45) is 1.54. The number of furan rings is 1. The highest BCUT2D eigenvalue weighted by Crippen LogP contribution is 2.15. The quantitative estimate of drug-likeness (QED) is 0.813. The summed E-state index contributed by atoms with van der Waals surface area (Å²) in [5, 5.41) is 12.0. The van der Waals surface area contributed by atoms with Gasteiger partial charge in [-0.1, -0.05) is 0 Å². The summed E-state index contributed by atoms with van der Waals surface area (Å²) in [5.74, 6) is 1.59. The summed E-state index contributed by atoms with van der Waals surface area (Å²) in [5.41, 5.74) is 0. The molecule has 1 saturated heterocycles. The van der Waals surface area contributed by atoms with E-state index >= 15 is 0 Å². The number of amides is 1. The van der Waals surface area contributed by atoms with Crippen molar-refractivity contribution >= 4 is 5.91 Å². The monoisotopic (exact) mass is 266 g/mol. The van der Waals surface area contributed by atoms with Crippen molar-refractivity contribution < 1.29 is 14.3 Å². The van der Waals surface area contributed by atoms with E-state index in [9.17, 15) is 4.79 Å². The Labute approximate surface area is 113 Å². The van der Waals surface area contributed by atoms with Gasteiger partial charge in [-0.2, -0.15) is 0 Å². The zero-order chi connectivity index (χ0) is 13.8. The van der Waals surface area contributed by atoms with Crippen LogP contribution < -0.4 is 5.32 Å². The van der Waals surface area contributed by atoms with E-state index in [-0.39, 0.29) is 18.6 Å². The van der Waals surface area contributed by atoms with Gasteiger partial charge >= 0.3 is 0 Å². The molecule has 0 aromatic carbocycles. The average Bonchev–Trinajstić information content (AvgIpc) is 2.97. The Kier molecular flexibility index (Phi) is 4.61. The predicted octanol–water partition coefficient (Wildman–Crippen LogP) is 1.26. The van der Waals surface area contributed by atoms with Crippen LogP contribution in [0.5, 0.6) is 0 Å². The number of carbonyl (C=O) groups is 1. The molecule has 2 rings (SSSR count). The fraction of sp³-hybridized carbons (Fsp3) is 0.643. The largest absolute Gasteiger partial charge is 0.462 e. The minimum Gasteiger partial charge on any atom is -0.462 e. The molecule has 1 aromatic heterocycles. The molecule has 2 N–H and O–H groups in total. The van der Waals surface area contributed by atoms with Crippen molar-refractivity contribution in [2.75, 3.05) is 6.54 Å². The van der Waals surface area contributed by atoms with Crippen LogP contribution in [0, 0.1) is 0 Å². The van der Waals surface area contributed by atoms with Crippen LogP contribution in [0.3, 0.4) is 0 Å². The van der Waals surface area contributed by atoms with Crippen LogP contribution in [0.2, 0.25) is 0 Å². The maximum Gasteiger partial charge on any atom is 0.220 e. The number of carbonyl (C=O) groups excluding carboxylic acids is 1. The van der Waals surface area contributed by atoms with Crippen molar-refractivity contribution in [1.82, 2.24) is 10.2 Å². The number of aliphatic hydroxyl groups is 1. The molecule has 0 spiro atoms. The van der Waals surface area contributed by atoms with Crippen LogP contribution in [-0.4, -0.2) is 34.5 Å². The lowest BCUT2D eigenvalue weighted by molar-refractivity contribution is -0.119. The molecule has 5 nitrogen and oxygen atoms in total. The summed E-state index contributed by atoms with van der Waals surface area (Å²) in [7, 11) is 0. The van der Waals surface area contributed by atoms with Gasteiger partial charge < -0.3 is 14.8 Å². The third-order valence-electron chi connectivity index (χ3n) is 3.50. The molecule has 106 valence electrons. The molecule has 0 saturated carbocycles. The second-order valence-electron chi connectivity index (χ2n) is 5.35. The summed E-state index contributed by atoms with van der Waals surface area (Å²) < 4.78 is 5.52. The van der Waals surface area contributed by atoms with E-state index in [1.54, 1.807) is 6.07 Å². The summed E-state index contributed by atoms with van der Waals surface area (Å²) >= 11 is 0. The Hall–Kier alpha value is -1.33. The number of nitrogens with zero attached hydrogens (tertiary/aromatic N) is 1. The van der Waals surface area contributed by atoms with Crippen molar-refractivity contribution in [2.24, 2.45) is 0 Å². The van der Waals surface area contributed by atoms with Gasteiger partial charge in [-0.15, -0.1) is 0 Å². The maximum atomic E-state index is 11.2. The fourth-order valence-electron chi connectivity index (χ4n) is 2.35. The molecule has 2 heterocycles. The first kappa shape index (κ1) is 14.1. The molecule has 0 aliphatic carbocycles. The van der Waals surface area contributed by atoms with Gasteiger partial charge in [0.1, 0.15) is 18.1 Å². The zero-order valence-corrected chi connectivity index (χ0v) is 11.6. The standard InChI is InChI=1S/C14H22N2O3/c1-10(2)16(7-11-3-6-14(18)15-11)8-12-4-5-13(9-17)19-12/h4-5,10-11,17H,3,6-9H2,1-2H3,(H,15,18)/t11-/m0/s1. The maximum absolute atomic E-state index is 11.2. The van der Waals surface area contributed by atoms with Crippen LogP contribution >= 0.6 is 0 Å². The molecule has 1 aromatic rings. The highest BCUT2D eigenvalue weighted by Gasteiger charge is 2.24. The predicted molar refractivity (Wildman–Crippen MR) is 71.3 cm³/mol. The van der Waals surface area contributed by atoms with Gasteiger partial charge in [0.2, 0.25) is 5.91 Å². The van der Waals surface area contributed by atoms with Crippen molar-refractivity contribution in [1.29, 1.82) is 0 Å². The van der Waals surface area contributed by atoms with E-state index in [1.807, 2.05) is 6.07 Å². The van der Waals surface area contributed by atoms with Gasteiger partial charge in [-0.3, -0.25) is 9.69 Å². The Balaban J connectivity index is 1.94. The van der Waals surface area contributed by atoms with Gasteiger partial charge in [-0.05, 0) is 32.4 Å². The van der Waals surface area contributed by atoms with E-state index in [0.717, 1.165) is 18.7 Å². The molecule has 1 atom stereocenters. The Morgan fingerprint density at radius 1 is 1.47 bits per heavy atom. The first-order valence-corrected chi connectivity index (χ1v) is 6.80. The van der Waals surface area contributed by atoms with Gasteiger partial charge in [0.05, 0.1) is 6.54 Å². The van der Waals surface area contributed by atoms with Crippen molar-refractivity contribution in [3.63, 3.8) is 0 Å². The van der Waals surface area contributed by atoms with Gasteiger partial charge in [0, 0.05) is 25.0 Å². The molecule has 0 unspecified atom stereocenters. The van der Waals surface area contributed by atoms with E-state index in [0.29, 0.717) is 24.8 Å². The molecular weight excluding hydrogens is 244 g/mol. The molecule has 19 heavy (non-hydrogen) atoms. The molecule has 1 fully saturated rings. The first-order valence-electron chi connectivity index (χ1n) is 6.80. The fourth-order valence-corrected chi connectivity index (χ4v) is 2.35. The summed E-state index contributed by atoms with van der Waals surface area (Å²) in [4.78, 5) is 13.5. The van der Waals surface area contributed by atoms with E-state index in [1.165, 1.54) is 0 Å². The minimum atomic E-state index is -0.0691. The third kappa shape index (κ3) is 3.81. The Bertz CT molecular complexity index is 428. The molecule has 0 bridgehead atoms. The number of rotatable bonds is 6. The lowest BCUT2D eigenvalue weighted by atomic mass is 10.2. The molecule has 0 radical (unpaired) electrons. The second kappa shape index (κ2) is 6.21. The highest BCUT2D eigenvalue weighted by molar-refractivity contribution is 5.78. The van der Waals surface area contributed by atoms with Crippen LogP contribution in [-0.2, 0) is 17.9 Å². The molecule has 1 amide bonds. The smallest absolute Gasteiger partial charge is 0.220 e. The topological polar surface area (TPSA) is 65.7 Å². The minimum absolute atomic E-state index is 0.0691. The molecule has 1 aliphatic rings. The average molecular weight is 266 g/mol. The van der Waals surface area contributed by atoms with E-state index in [4.69, 9.17) is 9.52 Å². The van der Waals surface area contributed by atoms with Gasteiger partial charge in [0.25, 0.3) is 0 Å². The Morgan fingerprint density at radius 3 is 2.74 bits per heavy atom. The SMILES string of the molecule is CC(C)N(Cc1ccc(CO)o1)C[C@@H]1CCC(=O)N1. The highest BCUT2D eigenvalue weighted by atomic mass is 16.4. The van der Waals surface area contributed by atoms with Crippen molar-refractivity contribution in [3.8, 4) is 0 Å². The number of nitrogens with one attached hydrogen (secondary N) is 1. The van der Waals surface area contributed by atoms with Gasteiger partial charge in [-0.25, -0.2) is 0 Å². The van der Waals surface area contributed by atoms with Crippen LogP contribution in [0.25, 0.3) is 0 Å². The van der Waals surface area contributed by atoms with E-state index in [2.05, 4.69) is 24.1 Å². The zero-order valence-electron chi connectivity index (χ0n) is 11.6. The molecule has 1 aliphatic heterocycles. The number of hydrogen-bond acceptors (Lipinski definition) is 4. The lowest BCUT2D eigenvalue weighted by Crippen LogP contribution is -2.41. The summed E-state index contributed by atoms with van der Waals surface area (Å²) in [6, 6.07) is 4.31.